The van der Waals surface area contributed by atoms with Gasteiger partial charge in [-0.2, -0.15) is 5.10 Å². The quantitative estimate of drug-likeness (QED) is 0.379. The van der Waals surface area contributed by atoms with E-state index in [4.69, 9.17) is 21.4 Å². The largest absolute Gasteiger partial charge is 0.496 e. The molecule has 1 saturated carbocycles. The molecule has 0 aromatic carbocycles. The molecule has 6 heteroatoms. The van der Waals surface area contributed by atoms with Crippen LogP contribution >= 0.6 is 22.9 Å². The van der Waals surface area contributed by atoms with Crippen LogP contribution in [0.2, 0.25) is 0 Å². The minimum Gasteiger partial charge on any atom is -0.496 e. The van der Waals surface area contributed by atoms with Crippen molar-refractivity contribution < 1.29 is 4.74 Å². The van der Waals surface area contributed by atoms with E-state index in [-0.39, 0.29) is 0 Å². The molecular weight excluding hydrogens is 462 g/mol. The summed E-state index contributed by atoms with van der Waals surface area (Å²) >= 11 is 8.44. The number of nitrogens with zero attached hydrogens (tertiary/aromatic N) is 3. The van der Waals surface area contributed by atoms with Crippen molar-refractivity contribution in [2.75, 3.05) is 13.2 Å². The fraction of sp³-hybridized carbons (Fsp3) is 0.429. The maximum atomic E-state index is 6.66. The highest BCUT2D eigenvalue weighted by Gasteiger charge is 2.26. The summed E-state index contributed by atoms with van der Waals surface area (Å²) < 4.78 is 8.00. The number of aryl methyl sites for hydroxylation is 1. The molecule has 178 valence electrons. The van der Waals surface area contributed by atoms with Crippen LogP contribution in [-0.4, -0.2) is 33.9 Å². The molecule has 0 amide bonds. The van der Waals surface area contributed by atoms with E-state index in [2.05, 4.69) is 48.8 Å². The molecule has 0 N–H and O–H groups in total. The normalized spacial score (nSPS) is 20.8. The van der Waals surface area contributed by atoms with Crippen molar-refractivity contribution in [1.82, 2.24) is 14.7 Å². The first-order valence-corrected chi connectivity index (χ1v) is 13.5. The predicted molar refractivity (Wildman–Crippen MR) is 142 cm³/mol. The van der Waals surface area contributed by atoms with E-state index < -0.39 is 0 Å². The molecule has 4 nitrogen and oxygen atoms in total. The number of halogens is 1. The molecule has 0 saturated heterocycles. The van der Waals surface area contributed by atoms with Crippen molar-refractivity contribution in [3.8, 4) is 10.6 Å². The van der Waals surface area contributed by atoms with Gasteiger partial charge in [0.15, 0.2) is 0 Å². The van der Waals surface area contributed by atoms with Crippen LogP contribution in [0, 0.1) is 12.8 Å². The van der Waals surface area contributed by atoms with E-state index >= 15 is 0 Å². The zero-order valence-corrected chi connectivity index (χ0v) is 21.5. The van der Waals surface area contributed by atoms with Crippen LogP contribution in [0.5, 0.6) is 0 Å². The highest BCUT2D eigenvalue weighted by Crippen LogP contribution is 2.34. The molecule has 34 heavy (non-hydrogen) atoms. The lowest BCUT2D eigenvalue weighted by molar-refractivity contribution is 0.123. The van der Waals surface area contributed by atoms with Gasteiger partial charge < -0.3 is 4.74 Å². The monoisotopic (exact) mass is 493 g/mol. The lowest BCUT2D eigenvalue weighted by Gasteiger charge is -2.34. The van der Waals surface area contributed by atoms with Gasteiger partial charge in [0.05, 0.1) is 40.1 Å². The molecule has 2 aromatic heterocycles. The van der Waals surface area contributed by atoms with E-state index in [9.17, 15) is 0 Å². The Morgan fingerprint density at radius 2 is 2.00 bits per heavy atom. The summed E-state index contributed by atoms with van der Waals surface area (Å²) in [6.45, 7) is 6.81. The van der Waals surface area contributed by atoms with Crippen molar-refractivity contribution >= 4 is 28.6 Å². The maximum absolute atomic E-state index is 6.66. The molecule has 1 atom stereocenters. The summed E-state index contributed by atoms with van der Waals surface area (Å²) in [4.78, 5) is 5.06. The summed E-state index contributed by atoms with van der Waals surface area (Å²) in [5.74, 6) is 1.61. The SMILES string of the molecule is Cc1ccc(-c2cc(CN(CC3=CC(C)CO3)C3CCCCC3)nn2C2=CC=C=CC=C2Cl)s1. The Morgan fingerprint density at radius 3 is 2.74 bits per heavy atom. The third-order valence-corrected chi connectivity index (χ3v) is 8.05. The minimum absolute atomic E-state index is 0.494. The predicted octanol–water partition coefficient (Wildman–Crippen LogP) is 7.29. The number of hydrogen-bond acceptors (Lipinski definition) is 4. The van der Waals surface area contributed by atoms with Crippen LogP contribution in [0.1, 0.15) is 49.6 Å². The summed E-state index contributed by atoms with van der Waals surface area (Å²) in [6, 6.07) is 7.15. The van der Waals surface area contributed by atoms with Crippen molar-refractivity contribution in [2.45, 2.75) is 58.5 Å². The molecule has 1 fully saturated rings. The summed E-state index contributed by atoms with van der Waals surface area (Å²) in [5.41, 5.74) is 6.12. The average Bonchev–Trinajstić information content (AvgIpc) is 3.52. The van der Waals surface area contributed by atoms with Crippen LogP contribution in [-0.2, 0) is 11.3 Å². The Bertz CT molecular complexity index is 1190. The van der Waals surface area contributed by atoms with Crippen LogP contribution in [0.3, 0.4) is 0 Å². The van der Waals surface area contributed by atoms with Gasteiger partial charge in [-0.1, -0.05) is 37.8 Å². The second kappa shape index (κ2) is 10.5. The van der Waals surface area contributed by atoms with E-state index in [1.165, 1.54) is 41.9 Å². The molecule has 2 aromatic rings. The van der Waals surface area contributed by atoms with Gasteiger partial charge in [-0.05, 0) is 68.3 Å². The second-order valence-electron chi connectivity index (χ2n) is 9.53. The van der Waals surface area contributed by atoms with E-state index in [0.29, 0.717) is 17.0 Å². The van der Waals surface area contributed by atoms with Crippen LogP contribution < -0.4 is 0 Å². The second-order valence-corrected chi connectivity index (χ2v) is 11.2. The van der Waals surface area contributed by atoms with Crippen molar-refractivity contribution in [2.24, 2.45) is 5.92 Å². The van der Waals surface area contributed by atoms with E-state index in [1.54, 1.807) is 11.3 Å². The molecule has 1 unspecified atom stereocenters. The molecule has 3 heterocycles. The highest BCUT2D eigenvalue weighted by atomic mass is 35.5. The van der Waals surface area contributed by atoms with Gasteiger partial charge in [-0.25, -0.2) is 4.68 Å². The lowest BCUT2D eigenvalue weighted by atomic mass is 9.94. The number of ether oxygens (including phenoxy) is 1. The van der Waals surface area contributed by atoms with Gasteiger partial charge in [-0.3, -0.25) is 4.90 Å². The number of aromatic nitrogens is 2. The zero-order valence-electron chi connectivity index (χ0n) is 20.0. The van der Waals surface area contributed by atoms with Gasteiger partial charge >= 0.3 is 0 Å². The van der Waals surface area contributed by atoms with E-state index in [0.717, 1.165) is 42.5 Å². The summed E-state index contributed by atoms with van der Waals surface area (Å²) in [7, 11) is 0. The first-order chi connectivity index (χ1) is 16.6. The first-order valence-electron chi connectivity index (χ1n) is 12.3. The van der Waals surface area contributed by atoms with Crippen LogP contribution in [0.25, 0.3) is 16.3 Å². The Kier molecular flexibility index (Phi) is 7.26. The number of hydrogen-bond donors (Lipinski definition) is 0. The molecular formula is C28H32ClN3OS. The molecule has 0 radical (unpaired) electrons. The third kappa shape index (κ3) is 5.34. The van der Waals surface area contributed by atoms with Crippen molar-refractivity contribution in [1.29, 1.82) is 0 Å². The van der Waals surface area contributed by atoms with Crippen molar-refractivity contribution in [3.63, 3.8) is 0 Å². The fourth-order valence-corrected chi connectivity index (χ4v) is 6.07. The summed E-state index contributed by atoms with van der Waals surface area (Å²) in [5, 5.41) is 5.76. The summed E-state index contributed by atoms with van der Waals surface area (Å²) in [6.07, 6.45) is 16.3. The Hall–Kier alpha value is -2.30. The molecule has 5 rings (SSSR count). The number of thiophene rings is 1. The lowest BCUT2D eigenvalue weighted by Crippen LogP contribution is -2.38. The molecule has 2 aliphatic carbocycles. The van der Waals surface area contributed by atoms with Crippen molar-refractivity contribution in [3.05, 3.63) is 75.7 Å². The van der Waals surface area contributed by atoms with Gasteiger partial charge in [0.25, 0.3) is 0 Å². The first kappa shape index (κ1) is 23.4. The molecule has 3 aliphatic rings. The van der Waals surface area contributed by atoms with Gasteiger partial charge in [0.2, 0.25) is 0 Å². The van der Waals surface area contributed by atoms with Crippen LogP contribution in [0.15, 0.2) is 65.1 Å². The Morgan fingerprint density at radius 1 is 1.18 bits per heavy atom. The number of allylic oxidation sites excluding steroid dienone is 5. The topological polar surface area (TPSA) is 30.3 Å². The van der Waals surface area contributed by atoms with Gasteiger partial charge in [0.1, 0.15) is 5.76 Å². The molecule has 1 aliphatic heterocycles. The van der Waals surface area contributed by atoms with Gasteiger partial charge in [-0.15, -0.1) is 17.1 Å². The highest BCUT2D eigenvalue weighted by molar-refractivity contribution is 7.15. The Labute approximate surface area is 211 Å². The smallest absolute Gasteiger partial charge is 0.106 e. The van der Waals surface area contributed by atoms with Gasteiger partial charge in [0, 0.05) is 23.4 Å². The average molecular weight is 494 g/mol. The van der Waals surface area contributed by atoms with Crippen LogP contribution in [0.4, 0.5) is 0 Å². The minimum atomic E-state index is 0.494. The molecule has 0 spiro atoms. The number of rotatable bonds is 7. The zero-order chi connectivity index (χ0) is 23.5. The third-order valence-electron chi connectivity index (χ3n) is 6.71. The maximum Gasteiger partial charge on any atom is 0.106 e. The standard InChI is InChI=1S/C28H32ClN3OS/c1-20-15-24(33-19-20)18-31(23-9-5-3-6-10-23)17-22-16-27(28-14-13-21(2)34-28)32(30-22)26-12-8-4-7-11-25(26)29/h7-8,11-16,20,23H,3,5-6,9-10,17-19H2,1-2H3. The Balaban J connectivity index is 1.49. The fourth-order valence-electron chi connectivity index (χ4n) is 5.00. The van der Waals surface area contributed by atoms with E-state index in [1.807, 2.05) is 29.0 Å². The molecule has 0 bridgehead atoms.